The number of para-hydroxylation sites is 1. The van der Waals surface area contributed by atoms with Crippen LogP contribution in [0.1, 0.15) is 36.5 Å². The third-order valence-corrected chi connectivity index (χ3v) is 5.13. The Kier molecular flexibility index (Phi) is 5.04. The molecule has 1 aromatic heterocycles. The van der Waals surface area contributed by atoms with Crippen LogP contribution in [0.15, 0.2) is 36.7 Å². The Bertz CT molecular complexity index is 696. The van der Waals surface area contributed by atoms with E-state index in [9.17, 15) is 0 Å². The standard InChI is InChI=1S/C20H27N3O2/c1-23-13-18(12-22-23)20-17(8-9-24-20)11-21-10-16-4-2-3-5-19(16)25-14-15-6-7-15/h2-5,12-13,15,17,20-21H,6-11,14H2,1H3/t17-,20-/m1/s1. The molecule has 134 valence electrons. The maximum Gasteiger partial charge on any atom is 0.123 e. The third-order valence-electron chi connectivity index (χ3n) is 5.13. The zero-order valence-electron chi connectivity index (χ0n) is 14.9. The summed E-state index contributed by atoms with van der Waals surface area (Å²) in [6.07, 6.45) is 7.86. The fourth-order valence-electron chi connectivity index (χ4n) is 3.47. The van der Waals surface area contributed by atoms with E-state index in [2.05, 4.69) is 40.9 Å². The molecule has 1 aliphatic carbocycles. The molecule has 1 saturated carbocycles. The second kappa shape index (κ2) is 7.58. The molecule has 2 heterocycles. The first-order valence-electron chi connectivity index (χ1n) is 9.31. The Morgan fingerprint density at radius 3 is 2.96 bits per heavy atom. The minimum Gasteiger partial charge on any atom is -0.493 e. The Morgan fingerprint density at radius 1 is 1.28 bits per heavy atom. The van der Waals surface area contributed by atoms with Gasteiger partial charge in [0.05, 0.1) is 18.9 Å². The zero-order chi connectivity index (χ0) is 17.1. The van der Waals surface area contributed by atoms with Crippen LogP contribution >= 0.6 is 0 Å². The number of aryl methyl sites for hydroxylation is 1. The van der Waals surface area contributed by atoms with Crippen molar-refractivity contribution < 1.29 is 9.47 Å². The molecule has 2 aliphatic rings. The lowest BCUT2D eigenvalue weighted by molar-refractivity contribution is 0.0904. The van der Waals surface area contributed by atoms with Crippen molar-refractivity contribution in [3.63, 3.8) is 0 Å². The van der Waals surface area contributed by atoms with E-state index in [1.165, 1.54) is 24.0 Å². The first-order chi connectivity index (χ1) is 12.3. The monoisotopic (exact) mass is 341 g/mol. The predicted octanol–water partition coefficient (Wildman–Crippen LogP) is 3.08. The number of benzene rings is 1. The summed E-state index contributed by atoms with van der Waals surface area (Å²) >= 11 is 0. The van der Waals surface area contributed by atoms with Gasteiger partial charge in [-0.15, -0.1) is 0 Å². The van der Waals surface area contributed by atoms with Crippen LogP contribution < -0.4 is 10.1 Å². The molecule has 25 heavy (non-hydrogen) atoms. The maximum atomic E-state index is 6.00. The van der Waals surface area contributed by atoms with Crippen molar-refractivity contribution in [2.24, 2.45) is 18.9 Å². The van der Waals surface area contributed by atoms with Gasteiger partial charge in [0.2, 0.25) is 0 Å². The highest BCUT2D eigenvalue weighted by Gasteiger charge is 2.30. The fourth-order valence-corrected chi connectivity index (χ4v) is 3.47. The molecular formula is C20H27N3O2. The number of hydrogen-bond donors (Lipinski definition) is 1. The van der Waals surface area contributed by atoms with E-state index in [0.29, 0.717) is 5.92 Å². The van der Waals surface area contributed by atoms with Crippen LogP contribution in [-0.4, -0.2) is 29.5 Å². The Balaban J connectivity index is 1.31. The van der Waals surface area contributed by atoms with Crippen molar-refractivity contribution in [1.29, 1.82) is 0 Å². The van der Waals surface area contributed by atoms with E-state index < -0.39 is 0 Å². The number of nitrogens with one attached hydrogen (secondary N) is 1. The molecule has 1 N–H and O–H groups in total. The van der Waals surface area contributed by atoms with E-state index >= 15 is 0 Å². The van der Waals surface area contributed by atoms with Crippen molar-refractivity contribution in [2.45, 2.75) is 31.9 Å². The fraction of sp³-hybridized carbons (Fsp3) is 0.550. The van der Waals surface area contributed by atoms with Gasteiger partial charge in [0.1, 0.15) is 5.75 Å². The van der Waals surface area contributed by atoms with Gasteiger partial charge in [0.25, 0.3) is 0 Å². The van der Waals surface area contributed by atoms with Crippen molar-refractivity contribution in [2.75, 3.05) is 19.8 Å². The van der Waals surface area contributed by atoms with E-state index in [1.54, 1.807) is 0 Å². The SMILES string of the molecule is Cn1cc([C@@H]2OCC[C@@H]2CNCc2ccccc2OCC2CC2)cn1. The van der Waals surface area contributed by atoms with Crippen molar-refractivity contribution in [3.05, 3.63) is 47.8 Å². The van der Waals surface area contributed by atoms with Gasteiger partial charge in [-0.3, -0.25) is 4.68 Å². The Hall–Kier alpha value is -1.85. The van der Waals surface area contributed by atoms with Gasteiger partial charge < -0.3 is 14.8 Å². The smallest absolute Gasteiger partial charge is 0.123 e. The van der Waals surface area contributed by atoms with Gasteiger partial charge in [-0.05, 0) is 31.2 Å². The lowest BCUT2D eigenvalue weighted by atomic mass is 9.97. The van der Waals surface area contributed by atoms with Crippen molar-refractivity contribution in [1.82, 2.24) is 15.1 Å². The molecule has 1 saturated heterocycles. The van der Waals surface area contributed by atoms with Crippen LogP contribution in [0.2, 0.25) is 0 Å². The Labute approximate surface area is 149 Å². The van der Waals surface area contributed by atoms with Crippen molar-refractivity contribution >= 4 is 0 Å². The molecule has 5 heteroatoms. The van der Waals surface area contributed by atoms with Crippen LogP contribution in [0.3, 0.4) is 0 Å². The third kappa shape index (κ3) is 4.22. The maximum absolute atomic E-state index is 6.00. The highest BCUT2D eigenvalue weighted by molar-refractivity contribution is 5.33. The average molecular weight is 341 g/mol. The Morgan fingerprint density at radius 2 is 2.16 bits per heavy atom. The second-order valence-corrected chi connectivity index (χ2v) is 7.28. The topological polar surface area (TPSA) is 48.3 Å². The summed E-state index contributed by atoms with van der Waals surface area (Å²) in [6, 6.07) is 8.36. The van der Waals surface area contributed by atoms with E-state index in [1.807, 2.05) is 17.9 Å². The predicted molar refractivity (Wildman–Crippen MR) is 96.4 cm³/mol. The normalized spacial score (nSPS) is 23.1. The van der Waals surface area contributed by atoms with E-state index in [4.69, 9.17) is 9.47 Å². The highest BCUT2D eigenvalue weighted by Crippen LogP contribution is 2.34. The first-order valence-corrected chi connectivity index (χ1v) is 9.31. The number of nitrogens with zero attached hydrogens (tertiary/aromatic N) is 2. The molecule has 1 aromatic carbocycles. The van der Waals surface area contributed by atoms with Crippen LogP contribution in [-0.2, 0) is 18.3 Å². The number of rotatable bonds is 8. The molecule has 4 rings (SSSR count). The molecule has 0 radical (unpaired) electrons. The molecule has 0 unspecified atom stereocenters. The summed E-state index contributed by atoms with van der Waals surface area (Å²) in [5.41, 5.74) is 2.42. The highest BCUT2D eigenvalue weighted by atomic mass is 16.5. The number of aromatic nitrogens is 2. The van der Waals surface area contributed by atoms with Gasteiger partial charge >= 0.3 is 0 Å². The molecular weight excluding hydrogens is 314 g/mol. The van der Waals surface area contributed by atoms with Gasteiger partial charge in [-0.1, -0.05) is 18.2 Å². The van der Waals surface area contributed by atoms with E-state index in [0.717, 1.165) is 44.4 Å². The minimum atomic E-state index is 0.155. The summed E-state index contributed by atoms with van der Waals surface area (Å²) in [7, 11) is 1.95. The van der Waals surface area contributed by atoms with Gasteiger partial charge in [-0.2, -0.15) is 5.10 Å². The number of ether oxygens (including phenoxy) is 2. The second-order valence-electron chi connectivity index (χ2n) is 7.28. The molecule has 0 spiro atoms. The van der Waals surface area contributed by atoms with E-state index in [-0.39, 0.29) is 6.10 Å². The summed E-state index contributed by atoms with van der Waals surface area (Å²) in [5, 5.41) is 7.88. The quantitative estimate of drug-likeness (QED) is 0.802. The molecule has 2 atom stereocenters. The van der Waals surface area contributed by atoms with Crippen LogP contribution in [0.25, 0.3) is 0 Å². The molecule has 0 amide bonds. The largest absolute Gasteiger partial charge is 0.493 e. The molecule has 5 nitrogen and oxygen atoms in total. The summed E-state index contributed by atoms with van der Waals surface area (Å²) in [4.78, 5) is 0. The van der Waals surface area contributed by atoms with Crippen molar-refractivity contribution in [3.8, 4) is 5.75 Å². The lowest BCUT2D eigenvalue weighted by Gasteiger charge is -2.18. The van der Waals surface area contributed by atoms with Gasteiger partial charge in [-0.25, -0.2) is 0 Å². The van der Waals surface area contributed by atoms with Gasteiger partial charge in [0.15, 0.2) is 0 Å². The summed E-state index contributed by atoms with van der Waals surface area (Å²) < 4.78 is 13.8. The molecule has 2 aromatic rings. The molecule has 2 fully saturated rings. The average Bonchev–Trinajstić information content (AvgIpc) is 3.17. The van der Waals surface area contributed by atoms with Crippen LogP contribution in [0.5, 0.6) is 5.75 Å². The lowest BCUT2D eigenvalue weighted by Crippen LogP contribution is -2.24. The zero-order valence-corrected chi connectivity index (χ0v) is 14.9. The summed E-state index contributed by atoms with van der Waals surface area (Å²) in [5.74, 6) is 2.29. The molecule has 0 bridgehead atoms. The number of hydrogen-bond acceptors (Lipinski definition) is 4. The molecule has 1 aliphatic heterocycles. The summed E-state index contributed by atoms with van der Waals surface area (Å²) in [6.45, 7) is 3.46. The first kappa shape index (κ1) is 16.6. The minimum absolute atomic E-state index is 0.155. The van der Waals surface area contributed by atoms with Crippen LogP contribution in [0.4, 0.5) is 0 Å². The van der Waals surface area contributed by atoms with Crippen LogP contribution in [0, 0.1) is 11.8 Å². The van der Waals surface area contributed by atoms with Gasteiger partial charge in [0, 0.05) is 50.0 Å².